The molecule has 0 atom stereocenters. The number of hydrogen-bond donors (Lipinski definition) is 0. The number of pyridine rings is 1. The van der Waals surface area contributed by atoms with E-state index in [9.17, 15) is 4.79 Å². The molecule has 2 aromatic rings. The van der Waals surface area contributed by atoms with Gasteiger partial charge in [-0.05, 0) is 37.1 Å². The van der Waals surface area contributed by atoms with Crippen molar-refractivity contribution in [1.29, 1.82) is 0 Å². The zero-order chi connectivity index (χ0) is 14.4. The second kappa shape index (κ2) is 6.65. The largest absolute Gasteiger partial charge is 0.463 e. The summed E-state index contributed by atoms with van der Waals surface area (Å²) in [6, 6.07) is 2.00. The molecule has 0 aliphatic rings. The molecule has 0 aliphatic carbocycles. The predicted molar refractivity (Wildman–Crippen MR) is 76.0 cm³/mol. The summed E-state index contributed by atoms with van der Waals surface area (Å²) < 4.78 is 6.79. The van der Waals surface area contributed by atoms with Crippen LogP contribution in [0.3, 0.4) is 0 Å². The zero-order valence-electron chi connectivity index (χ0n) is 11.6. The summed E-state index contributed by atoms with van der Waals surface area (Å²) in [4.78, 5) is 19.7. The Morgan fingerprint density at radius 3 is 3.00 bits per heavy atom. The first-order chi connectivity index (χ1) is 9.69. The first kappa shape index (κ1) is 14.0. The number of hydrogen-bond acceptors (Lipinski definition) is 4. The van der Waals surface area contributed by atoms with Crippen molar-refractivity contribution in [3.05, 3.63) is 53.9 Å². The average molecular weight is 271 g/mol. The number of rotatable bonds is 5. The van der Waals surface area contributed by atoms with Crippen molar-refractivity contribution in [2.45, 2.75) is 20.4 Å². The van der Waals surface area contributed by atoms with Gasteiger partial charge in [-0.15, -0.1) is 0 Å². The maximum absolute atomic E-state index is 11.2. The van der Waals surface area contributed by atoms with Gasteiger partial charge in [-0.1, -0.05) is 0 Å². The molecule has 0 N–H and O–H groups in total. The summed E-state index contributed by atoms with van der Waals surface area (Å²) in [6.45, 7) is 4.85. The van der Waals surface area contributed by atoms with E-state index in [1.54, 1.807) is 31.7 Å². The van der Waals surface area contributed by atoms with E-state index in [2.05, 4.69) is 9.97 Å². The lowest BCUT2D eigenvalue weighted by Crippen LogP contribution is -2.02. The van der Waals surface area contributed by atoms with E-state index in [1.165, 1.54) is 6.08 Å². The molecule has 0 spiro atoms. The number of esters is 1. The van der Waals surface area contributed by atoms with E-state index in [-0.39, 0.29) is 5.97 Å². The molecule has 5 heteroatoms. The van der Waals surface area contributed by atoms with E-state index < -0.39 is 0 Å². The van der Waals surface area contributed by atoms with E-state index in [0.29, 0.717) is 13.2 Å². The molecule has 0 aromatic carbocycles. The second-order valence-corrected chi connectivity index (χ2v) is 4.35. The quantitative estimate of drug-likeness (QED) is 0.618. The summed E-state index contributed by atoms with van der Waals surface area (Å²) in [5, 5.41) is 0. The SMILES string of the molecule is CCOC(=O)/C=C/c1cnc(Cn2ccnc2)c(C)c1. The molecule has 0 fully saturated rings. The van der Waals surface area contributed by atoms with E-state index >= 15 is 0 Å². The average Bonchev–Trinajstić information content (AvgIpc) is 2.92. The van der Waals surface area contributed by atoms with Gasteiger partial charge in [0.2, 0.25) is 0 Å². The Balaban J connectivity index is 2.07. The van der Waals surface area contributed by atoms with E-state index in [0.717, 1.165) is 16.8 Å². The Morgan fingerprint density at radius 1 is 1.50 bits per heavy atom. The van der Waals surface area contributed by atoms with Crippen LogP contribution in [-0.2, 0) is 16.1 Å². The van der Waals surface area contributed by atoms with Crippen molar-refractivity contribution in [1.82, 2.24) is 14.5 Å². The Bertz CT molecular complexity index is 604. The van der Waals surface area contributed by atoms with Gasteiger partial charge < -0.3 is 9.30 Å². The molecule has 0 amide bonds. The second-order valence-electron chi connectivity index (χ2n) is 4.35. The number of imidazole rings is 1. The maximum Gasteiger partial charge on any atom is 0.330 e. The molecular weight excluding hydrogens is 254 g/mol. The number of carbonyl (C=O) groups excluding carboxylic acids is 1. The van der Waals surface area contributed by atoms with Crippen LogP contribution in [0.1, 0.15) is 23.7 Å². The Hall–Kier alpha value is -2.43. The number of aryl methyl sites for hydroxylation is 1. The van der Waals surface area contributed by atoms with Gasteiger partial charge in [0.15, 0.2) is 0 Å². The molecule has 0 aliphatic heterocycles. The minimum absolute atomic E-state index is 0.340. The van der Waals surface area contributed by atoms with Gasteiger partial charge in [-0.2, -0.15) is 0 Å². The van der Waals surface area contributed by atoms with Crippen molar-refractivity contribution >= 4 is 12.0 Å². The summed E-state index contributed by atoms with van der Waals surface area (Å²) in [7, 11) is 0. The Morgan fingerprint density at radius 2 is 2.35 bits per heavy atom. The van der Waals surface area contributed by atoms with Crippen LogP contribution in [0.4, 0.5) is 0 Å². The van der Waals surface area contributed by atoms with Crippen molar-refractivity contribution in [2.24, 2.45) is 0 Å². The number of nitrogens with zero attached hydrogens (tertiary/aromatic N) is 3. The summed E-state index contributed by atoms with van der Waals surface area (Å²) in [6.07, 6.45) is 10.3. The van der Waals surface area contributed by atoms with Gasteiger partial charge in [-0.25, -0.2) is 9.78 Å². The molecule has 0 unspecified atom stereocenters. The number of ether oxygens (including phenoxy) is 1. The van der Waals surface area contributed by atoms with Gasteiger partial charge in [0.05, 0.1) is 25.2 Å². The van der Waals surface area contributed by atoms with Crippen LogP contribution in [0.15, 0.2) is 37.1 Å². The normalized spacial score (nSPS) is 10.9. The third-order valence-corrected chi connectivity index (χ3v) is 2.80. The highest BCUT2D eigenvalue weighted by Gasteiger charge is 2.02. The molecule has 0 radical (unpaired) electrons. The van der Waals surface area contributed by atoms with Gasteiger partial charge in [0.1, 0.15) is 0 Å². The molecular formula is C15H17N3O2. The van der Waals surface area contributed by atoms with Crippen LogP contribution >= 0.6 is 0 Å². The maximum atomic E-state index is 11.2. The summed E-state index contributed by atoms with van der Waals surface area (Å²) >= 11 is 0. The fourth-order valence-electron chi connectivity index (χ4n) is 1.79. The highest BCUT2D eigenvalue weighted by atomic mass is 16.5. The first-order valence-corrected chi connectivity index (χ1v) is 6.45. The van der Waals surface area contributed by atoms with E-state index in [1.807, 2.05) is 23.8 Å². The van der Waals surface area contributed by atoms with Crippen molar-refractivity contribution in [3.63, 3.8) is 0 Å². The lowest BCUT2D eigenvalue weighted by molar-refractivity contribution is -0.137. The molecule has 20 heavy (non-hydrogen) atoms. The third-order valence-electron chi connectivity index (χ3n) is 2.80. The molecule has 2 rings (SSSR count). The van der Waals surface area contributed by atoms with Crippen molar-refractivity contribution < 1.29 is 9.53 Å². The highest BCUT2D eigenvalue weighted by molar-refractivity contribution is 5.86. The summed E-state index contributed by atoms with van der Waals surface area (Å²) in [5.41, 5.74) is 2.94. The molecule has 2 heterocycles. The predicted octanol–water partition coefficient (Wildman–Crippen LogP) is 2.21. The Kier molecular flexibility index (Phi) is 4.65. The van der Waals surface area contributed by atoms with Gasteiger partial charge in [-0.3, -0.25) is 4.98 Å². The molecule has 5 nitrogen and oxygen atoms in total. The molecule has 0 saturated heterocycles. The van der Waals surface area contributed by atoms with Crippen LogP contribution in [0.2, 0.25) is 0 Å². The van der Waals surface area contributed by atoms with Gasteiger partial charge in [0, 0.05) is 24.7 Å². The molecule has 0 bridgehead atoms. The smallest absolute Gasteiger partial charge is 0.330 e. The standard InChI is InChI=1S/C15H17N3O2/c1-3-20-15(19)5-4-13-8-12(2)14(17-9-13)10-18-7-6-16-11-18/h4-9,11H,3,10H2,1-2H3/b5-4+. The topological polar surface area (TPSA) is 57.0 Å². The lowest BCUT2D eigenvalue weighted by atomic mass is 10.1. The molecule has 2 aromatic heterocycles. The van der Waals surface area contributed by atoms with Gasteiger partial charge in [0.25, 0.3) is 0 Å². The number of aromatic nitrogens is 3. The van der Waals surface area contributed by atoms with Gasteiger partial charge >= 0.3 is 5.97 Å². The fraction of sp³-hybridized carbons (Fsp3) is 0.267. The molecule has 104 valence electrons. The number of carbonyl (C=O) groups is 1. The van der Waals surface area contributed by atoms with Crippen molar-refractivity contribution in [3.8, 4) is 0 Å². The fourth-order valence-corrected chi connectivity index (χ4v) is 1.79. The van der Waals surface area contributed by atoms with Crippen LogP contribution in [0.25, 0.3) is 6.08 Å². The van der Waals surface area contributed by atoms with Crippen LogP contribution in [0, 0.1) is 6.92 Å². The zero-order valence-corrected chi connectivity index (χ0v) is 11.6. The highest BCUT2D eigenvalue weighted by Crippen LogP contribution is 2.10. The minimum Gasteiger partial charge on any atom is -0.463 e. The van der Waals surface area contributed by atoms with Crippen LogP contribution in [-0.4, -0.2) is 27.1 Å². The minimum atomic E-state index is -0.340. The third kappa shape index (κ3) is 3.78. The van der Waals surface area contributed by atoms with Crippen molar-refractivity contribution in [2.75, 3.05) is 6.61 Å². The monoisotopic (exact) mass is 271 g/mol. The summed E-state index contributed by atoms with van der Waals surface area (Å²) in [5.74, 6) is -0.340. The lowest BCUT2D eigenvalue weighted by Gasteiger charge is -2.06. The van der Waals surface area contributed by atoms with Crippen LogP contribution < -0.4 is 0 Å². The van der Waals surface area contributed by atoms with Crippen LogP contribution in [0.5, 0.6) is 0 Å². The molecule has 0 saturated carbocycles. The Labute approximate surface area is 117 Å². The van der Waals surface area contributed by atoms with E-state index in [4.69, 9.17) is 4.74 Å². The first-order valence-electron chi connectivity index (χ1n) is 6.45.